The van der Waals surface area contributed by atoms with E-state index < -0.39 is 0 Å². The fraction of sp³-hybridized carbons (Fsp3) is 0.588. The van der Waals surface area contributed by atoms with E-state index in [1.54, 1.807) is 0 Å². The first-order chi connectivity index (χ1) is 9.40. The molecule has 0 saturated heterocycles. The average molecular weight is 387 g/mol. The Morgan fingerprint density at radius 1 is 1.10 bits per heavy atom. The second-order valence-corrected chi connectivity index (χ2v) is 7.41. The molecule has 1 aromatic carbocycles. The lowest BCUT2D eigenvalue weighted by atomic mass is 10.1. The summed E-state index contributed by atoms with van der Waals surface area (Å²) in [7, 11) is 0. The molecular weight excluding hydrogens is 361 g/mol. The van der Waals surface area contributed by atoms with E-state index in [1.165, 1.54) is 0 Å². The quantitative estimate of drug-likeness (QED) is 0.614. The van der Waals surface area contributed by atoms with Gasteiger partial charge < -0.3 is 4.90 Å². The Balaban J connectivity index is 2.76. The standard InChI is InChI=1S/C17H26INO/c1-13(2)8-10-19(11-9-14(3)4)17(20)15-6-5-7-16(18)12-15/h5-7,12-14H,8-11H2,1-4H3. The monoisotopic (exact) mass is 387 g/mol. The van der Waals surface area contributed by atoms with E-state index in [4.69, 9.17) is 0 Å². The topological polar surface area (TPSA) is 20.3 Å². The maximum absolute atomic E-state index is 12.6. The van der Waals surface area contributed by atoms with Crippen molar-refractivity contribution < 1.29 is 4.79 Å². The minimum Gasteiger partial charge on any atom is -0.339 e. The van der Waals surface area contributed by atoms with Crippen LogP contribution >= 0.6 is 22.6 Å². The number of carbonyl (C=O) groups is 1. The molecule has 0 aliphatic carbocycles. The largest absolute Gasteiger partial charge is 0.339 e. The summed E-state index contributed by atoms with van der Waals surface area (Å²) in [5.74, 6) is 1.42. The Morgan fingerprint density at radius 3 is 2.10 bits per heavy atom. The molecule has 1 aromatic rings. The Morgan fingerprint density at radius 2 is 1.65 bits per heavy atom. The van der Waals surface area contributed by atoms with Crippen molar-refractivity contribution in [2.75, 3.05) is 13.1 Å². The minimum absolute atomic E-state index is 0.171. The normalized spacial score (nSPS) is 11.2. The van der Waals surface area contributed by atoms with E-state index in [0.717, 1.165) is 35.1 Å². The number of halogens is 1. The van der Waals surface area contributed by atoms with Gasteiger partial charge in [-0.25, -0.2) is 0 Å². The fourth-order valence-corrected chi connectivity index (χ4v) is 2.49. The summed E-state index contributed by atoms with van der Waals surface area (Å²) in [5, 5.41) is 0. The van der Waals surface area contributed by atoms with Gasteiger partial charge in [0.05, 0.1) is 0 Å². The van der Waals surface area contributed by atoms with Gasteiger partial charge in [-0.3, -0.25) is 4.79 Å². The van der Waals surface area contributed by atoms with E-state index in [0.29, 0.717) is 11.8 Å². The molecule has 0 bridgehead atoms. The molecule has 1 amide bonds. The molecule has 0 heterocycles. The molecule has 0 aliphatic heterocycles. The van der Waals surface area contributed by atoms with Crippen molar-refractivity contribution in [1.82, 2.24) is 4.90 Å². The van der Waals surface area contributed by atoms with Crippen molar-refractivity contribution in [2.24, 2.45) is 11.8 Å². The first kappa shape index (κ1) is 17.5. The lowest BCUT2D eigenvalue weighted by Gasteiger charge is -2.24. The number of carbonyl (C=O) groups excluding carboxylic acids is 1. The first-order valence-electron chi connectivity index (χ1n) is 7.45. The van der Waals surface area contributed by atoms with Gasteiger partial charge >= 0.3 is 0 Å². The van der Waals surface area contributed by atoms with Gasteiger partial charge in [0.15, 0.2) is 0 Å². The van der Waals surface area contributed by atoms with Crippen molar-refractivity contribution in [2.45, 2.75) is 40.5 Å². The molecule has 3 heteroatoms. The number of rotatable bonds is 7. The van der Waals surface area contributed by atoms with Gasteiger partial charge in [0.1, 0.15) is 0 Å². The molecule has 0 fully saturated rings. The zero-order chi connectivity index (χ0) is 15.1. The fourth-order valence-electron chi connectivity index (χ4n) is 1.95. The molecule has 0 radical (unpaired) electrons. The third-order valence-corrected chi connectivity index (χ3v) is 3.98. The summed E-state index contributed by atoms with van der Waals surface area (Å²) in [6.07, 6.45) is 2.13. The molecule has 0 unspecified atom stereocenters. The number of amides is 1. The highest BCUT2D eigenvalue weighted by molar-refractivity contribution is 14.1. The van der Waals surface area contributed by atoms with E-state index >= 15 is 0 Å². The van der Waals surface area contributed by atoms with Crippen LogP contribution in [0.2, 0.25) is 0 Å². The van der Waals surface area contributed by atoms with Crippen molar-refractivity contribution >= 4 is 28.5 Å². The van der Waals surface area contributed by atoms with Crippen molar-refractivity contribution in [3.05, 3.63) is 33.4 Å². The van der Waals surface area contributed by atoms with Crippen LogP contribution in [0.15, 0.2) is 24.3 Å². The van der Waals surface area contributed by atoms with Crippen molar-refractivity contribution in [1.29, 1.82) is 0 Å². The maximum Gasteiger partial charge on any atom is 0.253 e. The Kier molecular flexibility index (Phi) is 7.56. The maximum atomic E-state index is 12.6. The van der Waals surface area contributed by atoms with Crippen LogP contribution in [-0.4, -0.2) is 23.9 Å². The summed E-state index contributed by atoms with van der Waals surface area (Å²) in [6.45, 7) is 10.5. The predicted molar refractivity (Wildman–Crippen MR) is 94.0 cm³/mol. The van der Waals surface area contributed by atoms with Gasteiger partial charge in [-0.15, -0.1) is 0 Å². The Bertz CT molecular complexity index is 417. The van der Waals surface area contributed by atoms with Crippen LogP contribution < -0.4 is 0 Å². The molecule has 0 aliphatic rings. The van der Waals surface area contributed by atoms with Crippen LogP contribution in [0.4, 0.5) is 0 Å². The molecule has 112 valence electrons. The minimum atomic E-state index is 0.171. The number of hydrogen-bond donors (Lipinski definition) is 0. The molecule has 0 atom stereocenters. The number of hydrogen-bond acceptors (Lipinski definition) is 1. The second-order valence-electron chi connectivity index (χ2n) is 6.17. The van der Waals surface area contributed by atoms with Crippen LogP contribution in [0, 0.1) is 15.4 Å². The highest BCUT2D eigenvalue weighted by Crippen LogP contribution is 2.13. The second kappa shape index (κ2) is 8.65. The average Bonchev–Trinajstić information content (AvgIpc) is 2.37. The molecule has 1 rings (SSSR count). The molecule has 20 heavy (non-hydrogen) atoms. The molecule has 0 spiro atoms. The van der Waals surface area contributed by atoms with Crippen molar-refractivity contribution in [3.63, 3.8) is 0 Å². The SMILES string of the molecule is CC(C)CCN(CCC(C)C)C(=O)c1cccc(I)c1. The summed E-state index contributed by atoms with van der Waals surface area (Å²) < 4.78 is 1.11. The lowest BCUT2D eigenvalue weighted by Crippen LogP contribution is -2.34. The van der Waals surface area contributed by atoms with E-state index in [1.807, 2.05) is 29.2 Å². The zero-order valence-electron chi connectivity index (χ0n) is 13.0. The van der Waals surface area contributed by atoms with Crippen LogP contribution in [0.3, 0.4) is 0 Å². The smallest absolute Gasteiger partial charge is 0.253 e. The van der Waals surface area contributed by atoms with Gasteiger partial charge in [0, 0.05) is 22.2 Å². The van der Waals surface area contributed by atoms with Gasteiger partial charge in [0.25, 0.3) is 5.91 Å². The summed E-state index contributed by atoms with van der Waals surface area (Å²) in [5.41, 5.74) is 0.810. The first-order valence-corrected chi connectivity index (χ1v) is 8.53. The number of benzene rings is 1. The van der Waals surface area contributed by atoms with Gasteiger partial charge in [-0.1, -0.05) is 33.8 Å². The zero-order valence-corrected chi connectivity index (χ0v) is 15.2. The third kappa shape index (κ3) is 6.25. The predicted octanol–water partition coefficient (Wildman–Crippen LogP) is 4.83. The van der Waals surface area contributed by atoms with Crippen LogP contribution in [0.5, 0.6) is 0 Å². The molecule has 0 saturated carbocycles. The van der Waals surface area contributed by atoms with Crippen LogP contribution in [0.1, 0.15) is 50.9 Å². The molecule has 0 N–H and O–H groups in total. The summed E-state index contributed by atoms with van der Waals surface area (Å²) >= 11 is 2.26. The van der Waals surface area contributed by atoms with Crippen LogP contribution in [0.25, 0.3) is 0 Å². The molecular formula is C17H26INO. The highest BCUT2D eigenvalue weighted by Gasteiger charge is 2.16. The number of nitrogens with zero attached hydrogens (tertiary/aromatic N) is 1. The Hall–Kier alpha value is -0.580. The van der Waals surface area contributed by atoms with Gasteiger partial charge in [-0.2, -0.15) is 0 Å². The highest BCUT2D eigenvalue weighted by atomic mass is 127. The van der Waals surface area contributed by atoms with E-state index in [2.05, 4.69) is 50.3 Å². The van der Waals surface area contributed by atoms with Gasteiger partial charge in [-0.05, 0) is 65.5 Å². The van der Waals surface area contributed by atoms with Crippen molar-refractivity contribution in [3.8, 4) is 0 Å². The third-order valence-electron chi connectivity index (χ3n) is 3.31. The lowest BCUT2D eigenvalue weighted by molar-refractivity contribution is 0.0740. The van der Waals surface area contributed by atoms with E-state index in [-0.39, 0.29) is 5.91 Å². The summed E-state index contributed by atoms with van der Waals surface area (Å²) in [6, 6.07) is 7.87. The molecule has 2 nitrogen and oxygen atoms in total. The van der Waals surface area contributed by atoms with E-state index in [9.17, 15) is 4.79 Å². The summed E-state index contributed by atoms with van der Waals surface area (Å²) in [4.78, 5) is 14.7. The van der Waals surface area contributed by atoms with Gasteiger partial charge in [0.2, 0.25) is 0 Å². The molecule has 0 aromatic heterocycles. The Labute approximate surface area is 137 Å². The van der Waals surface area contributed by atoms with Crippen LogP contribution in [-0.2, 0) is 0 Å².